The topological polar surface area (TPSA) is 73.8 Å². The van der Waals surface area contributed by atoms with Crippen LogP contribution >= 0.6 is 23.1 Å². The SMILES string of the molecule is Cc1ccc(-n2c(C)cc(C(=O)CSc3nnc(N)s3)c2C)cc1. The van der Waals surface area contributed by atoms with Crippen molar-refractivity contribution in [2.75, 3.05) is 11.5 Å². The molecule has 0 aliphatic carbocycles. The van der Waals surface area contributed by atoms with E-state index in [2.05, 4.69) is 46.0 Å². The van der Waals surface area contributed by atoms with E-state index in [4.69, 9.17) is 5.73 Å². The van der Waals surface area contributed by atoms with Gasteiger partial charge in [0.05, 0.1) is 5.75 Å². The Morgan fingerprint density at radius 2 is 1.92 bits per heavy atom. The number of ketones is 1. The van der Waals surface area contributed by atoms with Crippen molar-refractivity contribution >= 4 is 34.0 Å². The molecule has 0 fully saturated rings. The molecule has 0 radical (unpaired) electrons. The first-order valence-corrected chi connectivity index (χ1v) is 9.27. The van der Waals surface area contributed by atoms with Crippen molar-refractivity contribution in [3.05, 3.63) is 52.8 Å². The highest BCUT2D eigenvalue weighted by molar-refractivity contribution is 8.01. The molecule has 24 heavy (non-hydrogen) atoms. The Bertz CT molecular complexity index is 881. The van der Waals surface area contributed by atoms with Gasteiger partial charge in [0.15, 0.2) is 10.1 Å². The molecule has 2 aromatic heterocycles. The van der Waals surface area contributed by atoms with E-state index in [0.29, 0.717) is 15.2 Å². The summed E-state index contributed by atoms with van der Waals surface area (Å²) in [5.41, 5.74) is 10.6. The molecule has 0 amide bonds. The maximum absolute atomic E-state index is 12.6. The van der Waals surface area contributed by atoms with Crippen LogP contribution in [0, 0.1) is 20.8 Å². The van der Waals surface area contributed by atoms with Crippen LogP contribution in [0.3, 0.4) is 0 Å². The average molecular weight is 358 g/mol. The molecule has 2 heterocycles. The van der Waals surface area contributed by atoms with Crippen molar-refractivity contribution in [3.8, 4) is 5.69 Å². The molecule has 0 saturated carbocycles. The van der Waals surface area contributed by atoms with E-state index in [1.165, 1.54) is 28.7 Å². The van der Waals surface area contributed by atoms with Crippen molar-refractivity contribution in [2.24, 2.45) is 0 Å². The lowest BCUT2D eigenvalue weighted by Crippen LogP contribution is -2.05. The van der Waals surface area contributed by atoms with Crippen molar-refractivity contribution in [1.29, 1.82) is 0 Å². The van der Waals surface area contributed by atoms with Crippen LogP contribution in [0.5, 0.6) is 0 Å². The Balaban J connectivity index is 1.82. The number of hydrogen-bond donors (Lipinski definition) is 1. The predicted molar refractivity (Wildman–Crippen MR) is 99.4 cm³/mol. The number of aromatic nitrogens is 3. The summed E-state index contributed by atoms with van der Waals surface area (Å²) >= 11 is 2.67. The van der Waals surface area contributed by atoms with Crippen LogP contribution < -0.4 is 5.73 Å². The number of nitrogen functional groups attached to an aromatic ring is 1. The molecule has 3 aromatic rings. The van der Waals surface area contributed by atoms with Gasteiger partial charge in [-0.15, -0.1) is 10.2 Å². The van der Waals surface area contributed by atoms with Crippen LogP contribution in [-0.4, -0.2) is 26.3 Å². The van der Waals surface area contributed by atoms with Gasteiger partial charge in [-0.3, -0.25) is 4.79 Å². The molecule has 0 saturated heterocycles. The lowest BCUT2D eigenvalue weighted by Gasteiger charge is -2.10. The third-order valence-corrected chi connectivity index (χ3v) is 5.66. The Kier molecular flexibility index (Phi) is 4.73. The van der Waals surface area contributed by atoms with E-state index in [1.54, 1.807) is 0 Å². The molecule has 0 aliphatic heterocycles. The average Bonchev–Trinajstić information content (AvgIpc) is 3.09. The molecule has 7 heteroatoms. The maximum Gasteiger partial charge on any atom is 0.203 e. The summed E-state index contributed by atoms with van der Waals surface area (Å²) in [5.74, 6) is 0.410. The molecule has 2 N–H and O–H groups in total. The van der Waals surface area contributed by atoms with E-state index < -0.39 is 0 Å². The first-order valence-electron chi connectivity index (χ1n) is 7.46. The van der Waals surface area contributed by atoms with Crippen LogP contribution in [-0.2, 0) is 0 Å². The molecule has 5 nitrogen and oxygen atoms in total. The number of benzene rings is 1. The Morgan fingerprint density at radius 3 is 2.54 bits per heavy atom. The normalized spacial score (nSPS) is 11.0. The van der Waals surface area contributed by atoms with E-state index in [0.717, 1.165) is 22.6 Å². The number of aryl methyl sites for hydroxylation is 2. The zero-order chi connectivity index (χ0) is 17.3. The van der Waals surface area contributed by atoms with Crippen LogP contribution in [0.2, 0.25) is 0 Å². The minimum Gasteiger partial charge on any atom is -0.374 e. The number of Topliss-reactive ketones (excluding diaryl/α,β-unsaturated/α-hetero) is 1. The second-order valence-electron chi connectivity index (χ2n) is 5.57. The first-order chi connectivity index (χ1) is 11.5. The number of carbonyl (C=O) groups excluding carboxylic acids is 1. The molecule has 1 aromatic carbocycles. The fraction of sp³-hybridized carbons (Fsp3) is 0.235. The molecule has 0 aliphatic rings. The van der Waals surface area contributed by atoms with Gasteiger partial charge < -0.3 is 10.3 Å². The number of carbonyl (C=O) groups is 1. The van der Waals surface area contributed by atoms with E-state index in [1.807, 2.05) is 19.9 Å². The summed E-state index contributed by atoms with van der Waals surface area (Å²) in [6, 6.07) is 10.2. The molecular formula is C17H18N4OS2. The highest BCUT2D eigenvalue weighted by atomic mass is 32.2. The third kappa shape index (κ3) is 3.37. The third-order valence-electron chi connectivity index (χ3n) is 3.77. The number of thioether (sulfide) groups is 1. The second kappa shape index (κ2) is 6.78. The van der Waals surface area contributed by atoms with Crippen LogP contribution in [0.1, 0.15) is 27.3 Å². The van der Waals surface area contributed by atoms with Crippen molar-refractivity contribution in [3.63, 3.8) is 0 Å². The highest BCUT2D eigenvalue weighted by Gasteiger charge is 2.17. The highest BCUT2D eigenvalue weighted by Crippen LogP contribution is 2.26. The molecular weight excluding hydrogens is 340 g/mol. The van der Waals surface area contributed by atoms with Gasteiger partial charge in [0.2, 0.25) is 5.13 Å². The summed E-state index contributed by atoms with van der Waals surface area (Å²) in [4.78, 5) is 12.6. The van der Waals surface area contributed by atoms with Gasteiger partial charge in [0, 0.05) is 22.6 Å². The molecule has 0 atom stereocenters. The minimum absolute atomic E-state index is 0.0835. The Labute approximate surface area is 148 Å². The van der Waals surface area contributed by atoms with E-state index in [9.17, 15) is 4.79 Å². The number of hydrogen-bond acceptors (Lipinski definition) is 6. The number of nitrogens with zero attached hydrogens (tertiary/aromatic N) is 3. The van der Waals surface area contributed by atoms with Crippen molar-refractivity contribution < 1.29 is 4.79 Å². The summed E-state index contributed by atoms with van der Waals surface area (Å²) < 4.78 is 2.83. The standard InChI is InChI=1S/C17H18N4OS2/c1-10-4-6-13(7-5-10)21-11(2)8-14(12(21)3)15(22)9-23-17-20-19-16(18)24-17/h4-8H,9H2,1-3H3,(H2,18,19). The summed E-state index contributed by atoms with van der Waals surface area (Å²) in [5, 5.41) is 8.11. The number of rotatable bonds is 5. The van der Waals surface area contributed by atoms with Gasteiger partial charge in [-0.05, 0) is 39.0 Å². The van der Waals surface area contributed by atoms with Crippen molar-refractivity contribution in [1.82, 2.24) is 14.8 Å². The lowest BCUT2D eigenvalue weighted by atomic mass is 10.2. The number of anilines is 1. The molecule has 124 valence electrons. The van der Waals surface area contributed by atoms with Gasteiger partial charge in [-0.2, -0.15) is 0 Å². The summed E-state index contributed by atoms with van der Waals surface area (Å²) in [6.45, 7) is 6.06. The van der Waals surface area contributed by atoms with Gasteiger partial charge in [-0.25, -0.2) is 0 Å². The predicted octanol–water partition coefficient (Wildman–Crippen LogP) is 3.81. The van der Waals surface area contributed by atoms with Gasteiger partial charge in [0.1, 0.15) is 0 Å². The quantitative estimate of drug-likeness (QED) is 0.554. The lowest BCUT2D eigenvalue weighted by molar-refractivity contribution is 0.102. The largest absolute Gasteiger partial charge is 0.374 e. The van der Waals surface area contributed by atoms with Crippen molar-refractivity contribution in [2.45, 2.75) is 25.1 Å². The number of nitrogens with two attached hydrogens (primary N) is 1. The smallest absolute Gasteiger partial charge is 0.203 e. The van der Waals surface area contributed by atoms with E-state index in [-0.39, 0.29) is 5.78 Å². The van der Waals surface area contributed by atoms with Crippen LogP contribution in [0.25, 0.3) is 5.69 Å². The minimum atomic E-state index is 0.0835. The van der Waals surface area contributed by atoms with Gasteiger partial charge in [-0.1, -0.05) is 40.8 Å². The monoisotopic (exact) mass is 358 g/mol. The molecule has 0 unspecified atom stereocenters. The fourth-order valence-corrected chi connectivity index (χ4v) is 4.14. The molecule has 3 rings (SSSR count). The van der Waals surface area contributed by atoms with E-state index >= 15 is 0 Å². The van der Waals surface area contributed by atoms with Crippen LogP contribution in [0.4, 0.5) is 5.13 Å². The summed E-state index contributed by atoms with van der Waals surface area (Å²) in [6.07, 6.45) is 0. The zero-order valence-corrected chi connectivity index (χ0v) is 15.4. The Morgan fingerprint density at radius 1 is 1.21 bits per heavy atom. The Hall–Kier alpha value is -2.12. The van der Waals surface area contributed by atoms with Gasteiger partial charge in [0.25, 0.3) is 0 Å². The van der Waals surface area contributed by atoms with Crippen LogP contribution in [0.15, 0.2) is 34.7 Å². The molecule has 0 bridgehead atoms. The molecule has 0 spiro atoms. The fourth-order valence-electron chi connectivity index (χ4n) is 2.62. The zero-order valence-electron chi connectivity index (χ0n) is 13.7. The first kappa shape index (κ1) is 16.7. The second-order valence-corrected chi connectivity index (χ2v) is 7.81. The summed E-state index contributed by atoms with van der Waals surface area (Å²) in [7, 11) is 0. The van der Waals surface area contributed by atoms with Gasteiger partial charge >= 0.3 is 0 Å². The maximum atomic E-state index is 12.6.